The molecule has 1 aliphatic heterocycles. The lowest BCUT2D eigenvalue weighted by molar-refractivity contribution is -0.118. The molecule has 2 aromatic rings. The zero-order valence-electron chi connectivity index (χ0n) is 13.1. The Morgan fingerprint density at radius 3 is 2.46 bits per heavy atom. The molecule has 126 valence electrons. The van der Waals surface area contributed by atoms with Gasteiger partial charge in [0.25, 0.3) is 0 Å². The van der Waals surface area contributed by atoms with Crippen molar-refractivity contribution in [3.63, 3.8) is 0 Å². The number of benzene rings is 2. The van der Waals surface area contributed by atoms with Gasteiger partial charge in [-0.2, -0.15) is 4.72 Å². The van der Waals surface area contributed by atoms with Crippen LogP contribution in [0.5, 0.6) is 0 Å². The van der Waals surface area contributed by atoms with Gasteiger partial charge in [-0.05, 0) is 37.6 Å². The molecule has 1 saturated heterocycles. The van der Waals surface area contributed by atoms with Crippen molar-refractivity contribution in [2.24, 2.45) is 0 Å². The minimum absolute atomic E-state index is 0.0201. The van der Waals surface area contributed by atoms with Crippen molar-refractivity contribution in [3.8, 4) is 0 Å². The number of hydrogen-bond donors (Lipinski definition) is 1. The van der Waals surface area contributed by atoms with Crippen LogP contribution >= 0.6 is 11.6 Å². The van der Waals surface area contributed by atoms with Gasteiger partial charge in [0.15, 0.2) is 0 Å². The van der Waals surface area contributed by atoms with E-state index >= 15 is 0 Å². The maximum Gasteiger partial charge on any atom is 0.245 e. The molecule has 2 aromatic carbocycles. The largest absolute Gasteiger partial charge is 0.311 e. The van der Waals surface area contributed by atoms with E-state index in [1.165, 1.54) is 12.1 Å². The molecule has 1 fully saturated rings. The fourth-order valence-corrected chi connectivity index (χ4v) is 4.43. The third-order valence-corrected chi connectivity index (χ3v) is 5.95. The van der Waals surface area contributed by atoms with Gasteiger partial charge in [0, 0.05) is 12.2 Å². The molecular formula is C17H17ClN2O3S. The molecule has 5 nitrogen and oxygen atoms in total. The summed E-state index contributed by atoms with van der Waals surface area (Å²) in [7, 11) is -3.85. The molecule has 0 saturated carbocycles. The summed E-state index contributed by atoms with van der Waals surface area (Å²) in [5, 5.41) is 0.130. The van der Waals surface area contributed by atoms with Crippen molar-refractivity contribution in [1.29, 1.82) is 0 Å². The minimum Gasteiger partial charge on any atom is -0.311 e. The van der Waals surface area contributed by atoms with Gasteiger partial charge in [-0.3, -0.25) is 4.79 Å². The van der Waals surface area contributed by atoms with E-state index in [2.05, 4.69) is 4.72 Å². The van der Waals surface area contributed by atoms with Crippen LogP contribution in [0.25, 0.3) is 0 Å². The predicted octanol–water partition coefficient (Wildman–Crippen LogP) is 2.73. The Morgan fingerprint density at radius 2 is 1.79 bits per heavy atom. The first-order chi connectivity index (χ1) is 11.4. The Hall–Kier alpha value is -1.89. The van der Waals surface area contributed by atoms with Gasteiger partial charge < -0.3 is 4.90 Å². The first kappa shape index (κ1) is 17.0. The van der Waals surface area contributed by atoms with Crippen molar-refractivity contribution in [3.05, 3.63) is 59.1 Å². The normalized spacial score (nSPS) is 18.2. The fourth-order valence-electron chi connectivity index (χ4n) is 2.68. The first-order valence-corrected chi connectivity index (χ1v) is 9.39. The zero-order valence-corrected chi connectivity index (χ0v) is 14.6. The average Bonchev–Trinajstić information content (AvgIpc) is 2.89. The van der Waals surface area contributed by atoms with Crippen LogP contribution in [0.15, 0.2) is 53.4 Å². The molecule has 1 unspecified atom stereocenters. The van der Waals surface area contributed by atoms with Crippen LogP contribution in [0.1, 0.15) is 12.0 Å². The monoisotopic (exact) mass is 364 g/mol. The second kappa shape index (κ2) is 6.55. The summed E-state index contributed by atoms with van der Waals surface area (Å²) in [6.45, 7) is 2.44. The van der Waals surface area contributed by atoms with E-state index in [-0.39, 0.29) is 15.8 Å². The Kier molecular flexibility index (Phi) is 4.62. The summed E-state index contributed by atoms with van der Waals surface area (Å²) in [4.78, 5) is 14.1. The van der Waals surface area contributed by atoms with E-state index in [0.717, 1.165) is 11.3 Å². The molecule has 1 heterocycles. The molecule has 3 rings (SSSR count). The number of amides is 1. The van der Waals surface area contributed by atoms with Crippen LogP contribution in [0, 0.1) is 6.92 Å². The number of nitrogens with zero attached hydrogens (tertiary/aromatic N) is 1. The molecular weight excluding hydrogens is 348 g/mol. The van der Waals surface area contributed by atoms with E-state index in [1.807, 2.05) is 31.2 Å². The number of sulfonamides is 1. The fraction of sp³-hybridized carbons (Fsp3) is 0.235. The number of aryl methyl sites for hydroxylation is 1. The molecule has 0 spiro atoms. The van der Waals surface area contributed by atoms with Crippen LogP contribution in [-0.2, 0) is 14.8 Å². The van der Waals surface area contributed by atoms with Crippen molar-refractivity contribution >= 4 is 33.2 Å². The summed E-state index contributed by atoms with van der Waals surface area (Å²) in [6.07, 6.45) is 0.413. The summed E-state index contributed by atoms with van der Waals surface area (Å²) in [5.74, 6) is -0.255. The highest BCUT2D eigenvalue weighted by molar-refractivity contribution is 7.89. The Morgan fingerprint density at radius 1 is 1.12 bits per heavy atom. The zero-order chi connectivity index (χ0) is 17.3. The van der Waals surface area contributed by atoms with Crippen molar-refractivity contribution in [2.75, 3.05) is 11.4 Å². The summed E-state index contributed by atoms with van der Waals surface area (Å²) < 4.78 is 27.4. The number of anilines is 1. The summed E-state index contributed by atoms with van der Waals surface area (Å²) in [6, 6.07) is 12.9. The van der Waals surface area contributed by atoms with E-state index in [0.29, 0.717) is 13.0 Å². The van der Waals surface area contributed by atoms with Crippen LogP contribution < -0.4 is 9.62 Å². The summed E-state index contributed by atoms with van der Waals surface area (Å²) >= 11 is 5.96. The van der Waals surface area contributed by atoms with Crippen LogP contribution in [0.4, 0.5) is 5.69 Å². The number of rotatable bonds is 4. The van der Waals surface area contributed by atoms with Crippen molar-refractivity contribution in [2.45, 2.75) is 24.3 Å². The van der Waals surface area contributed by atoms with Crippen LogP contribution in [-0.4, -0.2) is 26.9 Å². The number of nitrogens with one attached hydrogen (secondary N) is 1. The number of hydrogen-bond acceptors (Lipinski definition) is 3. The lowest BCUT2D eigenvalue weighted by Gasteiger charge is -2.17. The molecule has 0 aliphatic carbocycles. The Balaban J connectivity index is 1.79. The maximum atomic E-state index is 12.6. The first-order valence-electron chi connectivity index (χ1n) is 7.53. The Bertz CT molecular complexity index is 866. The SMILES string of the molecule is Cc1ccc(N2CCC(NS(=O)(=O)c3ccccc3Cl)C2=O)cc1. The smallest absolute Gasteiger partial charge is 0.245 e. The van der Waals surface area contributed by atoms with Gasteiger partial charge in [0.1, 0.15) is 10.9 Å². The minimum atomic E-state index is -3.85. The van der Waals surface area contributed by atoms with Gasteiger partial charge in [0.2, 0.25) is 15.9 Å². The summed E-state index contributed by atoms with van der Waals surface area (Å²) in [5.41, 5.74) is 1.87. The van der Waals surface area contributed by atoms with Gasteiger partial charge in [0.05, 0.1) is 5.02 Å². The topological polar surface area (TPSA) is 66.5 Å². The van der Waals surface area contributed by atoms with E-state index < -0.39 is 16.1 Å². The quantitative estimate of drug-likeness (QED) is 0.907. The van der Waals surface area contributed by atoms with Crippen molar-refractivity contribution in [1.82, 2.24) is 4.72 Å². The van der Waals surface area contributed by atoms with Gasteiger partial charge >= 0.3 is 0 Å². The predicted molar refractivity (Wildman–Crippen MR) is 93.7 cm³/mol. The molecule has 0 aromatic heterocycles. The lowest BCUT2D eigenvalue weighted by Crippen LogP contribution is -2.41. The highest BCUT2D eigenvalue weighted by Gasteiger charge is 2.36. The number of carbonyl (C=O) groups excluding carboxylic acids is 1. The van der Waals surface area contributed by atoms with Crippen LogP contribution in [0.2, 0.25) is 5.02 Å². The van der Waals surface area contributed by atoms with Gasteiger partial charge in [-0.25, -0.2) is 8.42 Å². The van der Waals surface area contributed by atoms with E-state index in [9.17, 15) is 13.2 Å². The van der Waals surface area contributed by atoms with Gasteiger partial charge in [-0.1, -0.05) is 41.4 Å². The van der Waals surface area contributed by atoms with Crippen molar-refractivity contribution < 1.29 is 13.2 Å². The maximum absolute atomic E-state index is 12.6. The molecule has 24 heavy (non-hydrogen) atoms. The highest BCUT2D eigenvalue weighted by Crippen LogP contribution is 2.25. The molecule has 1 atom stereocenters. The lowest BCUT2D eigenvalue weighted by atomic mass is 10.2. The molecule has 1 amide bonds. The average molecular weight is 365 g/mol. The number of halogens is 1. The third-order valence-electron chi connectivity index (χ3n) is 3.97. The standard InChI is InChI=1S/C17H17ClN2O3S/c1-12-6-8-13(9-7-12)20-11-10-15(17(20)21)19-24(22,23)16-5-3-2-4-14(16)18/h2-9,15,19H,10-11H2,1H3. The molecule has 0 bridgehead atoms. The molecule has 1 N–H and O–H groups in total. The molecule has 1 aliphatic rings. The highest BCUT2D eigenvalue weighted by atomic mass is 35.5. The second-order valence-electron chi connectivity index (χ2n) is 5.72. The van der Waals surface area contributed by atoms with Crippen LogP contribution in [0.3, 0.4) is 0 Å². The third kappa shape index (κ3) is 3.31. The van der Waals surface area contributed by atoms with Gasteiger partial charge in [-0.15, -0.1) is 0 Å². The van der Waals surface area contributed by atoms with E-state index in [4.69, 9.17) is 11.6 Å². The number of carbonyl (C=O) groups is 1. The molecule has 0 radical (unpaired) electrons. The second-order valence-corrected chi connectivity index (χ2v) is 7.81. The van der Waals surface area contributed by atoms with E-state index in [1.54, 1.807) is 17.0 Å². The Labute approximate surface area is 146 Å². The molecule has 7 heteroatoms.